The number of fused-ring (bicyclic) bond motifs is 1. The van der Waals surface area contributed by atoms with E-state index >= 15 is 0 Å². The highest BCUT2D eigenvalue weighted by Gasteiger charge is 2.44. The lowest BCUT2D eigenvalue weighted by molar-refractivity contribution is -0.144. The third kappa shape index (κ3) is 11.2. The van der Waals surface area contributed by atoms with Crippen molar-refractivity contribution in [1.29, 1.82) is 0 Å². The minimum absolute atomic E-state index is 0.0103. The molecule has 2 aliphatic rings. The maximum absolute atomic E-state index is 14.0. The molecular weight excluding hydrogens is 859 g/mol. The average Bonchev–Trinajstić information content (AvgIpc) is 4.17. The molecule has 4 N–H and O–H groups in total. The summed E-state index contributed by atoms with van der Waals surface area (Å²) in [4.78, 5) is 56.9. The third-order valence-electron chi connectivity index (χ3n) is 12.2. The van der Waals surface area contributed by atoms with E-state index in [2.05, 4.69) is 70.2 Å². The number of carbonyl (C=O) groups excluding carboxylic acids is 3. The fraction of sp³-hybridized carbons (Fsp3) is 0.438. The summed E-state index contributed by atoms with van der Waals surface area (Å²) in [6, 6.07) is 18.4. The van der Waals surface area contributed by atoms with Gasteiger partial charge in [0.15, 0.2) is 5.65 Å². The van der Waals surface area contributed by atoms with Gasteiger partial charge in [0.1, 0.15) is 30.8 Å². The summed E-state index contributed by atoms with van der Waals surface area (Å²) < 4.78 is 13.0. The van der Waals surface area contributed by atoms with Gasteiger partial charge in [0.25, 0.3) is 0 Å². The van der Waals surface area contributed by atoms with Gasteiger partial charge in [-0.2, -0.15) is 0 Å². The molecule has 2 saturated heterocycles. The van der Waals surface area contributed by atoms with Gasteiger partial charge in [-0.3, -0.25) is 23.7 Å². The Morgan fingerprint density at radius 2 is 1.74 bits per heavy atom. The van der Waals surface area contributed by atoms with Crippen LogP contribution in [0.3, 0.4) is 0 Å². The SMILES string of the molecule is Cc1ncsc1-c1ccc(CNC(=O)[C@@H]2C[C@@H](O)CN2C(=O)[C@@H](NC(=O)COCCCCN2CCN(c3ccc(-c4cnc(NCc5ccco5)n5cnnc45)cc3)CC2)C(C)(C)C)cc1. The van der Waals surface area contributed by atoms with Crippen LogP contribution >= 0.6 is 11.3 Å². The van der Waals surface area contributed by atoms with Crippen LogP contribution in [0.1, 0.15) is 57.1 Å². The molecule has 6 heterocycles. The minimum atomic E-state index is -0.921. The van der Waals surface area contributed by atoms with Gasteiger partial charge in [0, 0.05) is 69.7 Å². The Labute approximate surface area is 388 Å². The number of anilines is 2. The molecule has 0 bridgehead atoms. The van der Waals surface area contributed by atoms with Crippen LogP contribution < -0.4 is 20.9 Å². The molecule has 0 spiro atoms. The molecule has 2 aliphatic heterocycles. The fourth-order valence-corrected chi connectivity index (χ4v) is 9.31. The predicted molar refractivity (Wildman–Crippen MR) is 253 cm³/mol. The molecule has 4 aromatic heterocycles. The molecule has 6 aromatic rings. The number of ether oxygens (including phenoxy) is 1. The van der Waals surface area contributed by atoms with Crippen molar-refractivity contribution in [2.45, 2.75) is 78.2 Å². The van der Waals surface area contributed by atoms with Crippen molar-refractivity contribution in [2.75, 3.05) is 62.7 Å². The summed E-state index contributed by atoms with van der Waals surface area (Å²) in [5, 5.41) is 28.2. The van der Waals surface area contributed by atoms with E-state index in [0.717, 1.165) is 89.8 Å². The zero-order valence-corrected chi connectivity index (χ0v) is 38.8. The lowest BCUT2D eigenvalue weighted by Crippen LogP contribution is -2.58. The minimum Gasteiger partial charge on any atom is -0.467 e. The molecule has 8 rings (SSSR count). The molecule has 3 amide bonds. The van der Waals surface area contributed by atoms with E-state index < -0.39 is 35.4 Å². The maximum Gasteiger partial charge on any atom is 0.246 e. The zero-order chi connectivity index (χ0) is 46.2. The van der Waals surface area contributed by atoms with E-state index in [1.807, 2.05) is 80.2 Å². The van der Waals surface area contributed by atoms with Crippen LogP contribution in [0.25, 0.3) is 27.2 Å². The summed E-state index contributed by atoms with van der Waals surface area (Å²) in [7, 11) is 0. The first kappa shape index (κ1) is 46.3. The second-order valence-electron chi connectivity index (χ2n) is 18.0. The van der Waals surface area contributed by atoms with Gasteiger partial charge in [-0.1, -0.05) is 57.2 Å². The van der Waals surface area contributed by atoms with Gasteiger partial charge in [0.05, 0.1) is 35.0 Å². The molecule has 66 heavy (non-hydrogen) atoms. The van der Waals surface area contributed by atoms with Crippen molar-refractivity contribution in [3.05, 3.63) is 102 Å². The smallest absolute Gasteiger partial charge is 0.246 e. The van der Waals surface area contributed by atoms with Gasteiger partial charge in [-0.05, 0) is 72.7 Å². The molecule has 17 nitrogen and oxygen atoms in total. The molecule has 0 aliphatic carbocycles. The number of rotatable bonds is 18. The Kier molecular flexibility index (Phi) is 14.7. The van der Waals surface area contributed by atoms with Crippen LogP contribution in [0.2, 0.25) is 0 Å². The van der Waals surface area contributed by atoms with E-state index in [4.69, 9.17) is 9.15 Å². The summed E-state index contributed by atoms with van der Waals surface area (Å²) >= 11 is 1.58. The van der Waals surface area contributed by atoms with Crippen molar-refractivity contribution >= 4 is 46.3 Å². The Morgan fingerprint density at radius 3 is 2.45 bits per heavy atom. The number of likely N-dealkylation sites (tertiary alicyclic amines) is 1. The first-order chi connectivity index (χ1) is 31.9. The highest BCUT2D eigenvalue weighted by molar-refractivity contribution is 7.13. The van der Waals surface area contributed by atoms with Crippen LogP contribution in [0.5, 0.6) is 0 Å². The van der Waals surface area contributed by atoms with E-state index in [-0.39, 0.29) is 32.0 Å². The first-order valence-corrected chi connectivity index (χ1v) is 23.4. The van der Waals surface area contributed by atoms with Gasteiger partial charge in [0.2, 0.25) is 23.7 Å². The van der Waals surface area contributed by atoms with Gasteiger partial charge in [-0.25, -0.2) is 9.97 Å². The second-order valence-corrected chi connectivity index (χ2v) is 18.9. The Balaban J connectivity index is 0.736. The van der Waals surface area contributed by atoms with Gasteiger partial charge >= 0.3 is 0 Å². The number of carbonyl (C=O) groups is 3. The maximum atomic E-state index is 14.0. The quantitative estimate of drug-likeness (QED) is 0.0828. The lowest BCUT2D eigenvalue weighted by Gasteiger charge is -2.36. The molecule has 3 atom stereocenters. The zero-order valence-electron chi connectivity index (χ0n) is 38.0. The number of nitrogens with one attached hydrogen (secondary N) is 3. The summed E-state index contributed by atoms with van der Waals surface area (Å²) in [6.45, 7) is 13.3. The topological polar surface area (TPSA) is 196 Å². The number of hydrogen-bond donors (Lipinski definition) is 4. The number of unbranched alkanes of at least 4 members (excludes halogenated alkanes) is 1. The molecule has 0 radical (unpaired) electrons. The monoisotopic (exact) mass is 917 g/mol. The van der Waals surface area contributed by atoms with Crippen molar-refractivity contribution in [3.63, 3.8) is 0 Å². The van der Waals surface area contributed by atoms with Crippen LogP contribution in [0.15, 0.2) is 89.4 Å². The van der Waals surface area contributed by atoms with Crippen LogP contribution in [0.4, 0.5) is 11.6 Å². The van der Waals surface area contributed by atoms with Crippen molar-refractivity contribution in [2.24, 2.45) is 5.41 Å². The van der Waals surface area contributed by atoms with Crippen molar-refractivity contribution in [1.82, 2.24) is 45.0 Å². The molecule has 0 unspecified atom stereocenters. The van der Waals surface area contributed by atoms with Gasteiger partial charge < -0.3 is 40.0 Å². The number of nitrogens with zero attached hydrogens (tertiary/aromatic N) is 8. The highest BCUT2D eigenvalue weighted by atomic mass is 32.1. The van der Waals surface area contributed by atoms with Crippen LogP contribution in [-0.2, 0) is 32.2 Å². The number of amides is 3. The summed E-state index contributed by atoms with van der Waals surface area (Å²) in [5.74, 6) is 0.290. The molecule has 0 saturated carbocycles. The van der Waals surface area contributed by atoms with Crippen molar-refractivity contribution < 1.29 is 28.6 Å². The number of furan rings is 1. The number of β-amino-alcohol motifs (C(OH)–C–C–N with tert-alkyl or cyclic N) is 1. The van der Waals surface area contributed by atoms with E-state index in [1.165, 1.54) is 10.6 Å². The number of piperazine rings is 1. The Bertz CT molecular complexity index is 2550. The Morgan fingerprint density at radius 1 is 0.970 bits per heavy atom. The van der Waals surface area contributed by atoms with Crippen LogP contribution in [0, 0.1) is 12.3 Å². The summed E-state index contributed by atoms with van der Waals surface area (Å²) in [5.41, 5.74) is 7.90. The average molecular weight is 918 g/mol. The third-order valence-corrected chi connectivity index (χ3v) is 13.2. The number of thiazole rings is 1. The number of aryl methyl sites for hydroxylation is 1. The number of hydrogen-bond acceptors (Lipinski definition) is 14. The van der Waals surface area contributed by atoms with E-state index in [1.54, 1.807) is 23.9 Å². The van der Waals surface area contributed by atoms with Crippen molar-refractivity contribution in [3.8, 4) is 21.6 Å². The van der Waals surface area contributed by atoms with E-state index in [0.29, 0.717) is 19.1 Å². The molecule has 2 aromatic carbocycles. The lowest BCUT2D eigenvalue weighted by atomic mass is 9.85. The predicted octanol–water partition coefficient (Wildman–Crippen LogP) is 5.16. The van der Waals surface area contributed by atoms with Crippen LogP contribution in [-0.4, -0.2) is 128 Å². The highest BCUT2D eigenvalue weighted by Crippen LogP contribution is 2.30. The number of aliphatic hydroxyl groups is 1. The summed E-state index contributed by atoms with van der Waals surface area (Å²) in [6.07, 6.45) is 6.12. The van der Waals surface area contributed by atoms with Gasteiger partial charge in [-0.15, -0.1) is 21.5 Å². The van der Waals surface area contributed by atoms with E-state index in [9.17, 15) is 19.5 Å². The molecule has 2 fully saturated rings. The fourth-order valence-electron chi connectivity index (χ4n) is 8.50. The second kappa shape index (κ2) is 21.0. The number of aliphatic hydroxyl groups excluding tert-OH is 1. The standard InChI is InChI=1S/C48H59N11O6S/c1-32-42(66-31-52-32)35-11-9-33(10-12-35)25-49-45(62)40-24-37(60)28-58(40)46(63)43(48(2,3)4)54-41(61)29-64-22-6-5-17-56-18-20-57(21-19-56)36-15-13-34(14-16-36)39-27-51-47(59-30-53-55-44(39)59)50-26-38-8-7-23-65-38/h7-16,23,27,30-31,37,40,43,60H,5-6,17-22,24-26,28-29H2,1-4H3,(H,49,62)(H,50,51)(H,54,61)/t37-,40+,43-/m1/s1. The normalized spacial score (nSPS) is 17.3. The molecule has 18 heteroatoms. The first-order valence-electron chi connectivity index (χ1n) is 22.6. The number of aromatic nitrogens is 5. The largest absolute Gasteiger partial charge is 0.467 e. The molecular formula is C48H59N11O6S. The Hall–Kier alpha value is -6.21. The molecule has 348 valence electrons. The number of benzene rings is 2.